The summed E-state index contributed by atoms with van der Waals surface area (Å²) in [7, 11) is 0. The lowest BCUT2D eigenvalue weighted by Gasteiger charge is -2.40. The monoisotopic (exact) mass is 290 g/mol. The summed E-state index contributed by atoms with van der Waals surface area (Å²) in [6.45, 7) is 7.17. The first-order valence-corrected chi connectivity index (χ1v) is 7.71. The van der Waals surface area contributed by atoms with E-state index < -0.39 is 0 Å². The minimum absolute atomic E-state index is 0.0469. The van der Waals surface area contributed by atoms with Crippen LogP contribution in [0.25, 0.3) is 0 Å². The van der Waals surface area contributed by atoms with Gasteiger partial charge in [-0.25, -0.2) is 0 Å². The number of carbonyl (C=O) groups is 1. The molecule has 0 bridgehead atoms. The summed E-state index contributed by atoms with van der Waals surface area (Å²) in [5.41, 5.74) is 2.34. The van der Waals surface area contributed by atoms with Gasteiger partial charge in [0.1, 0.15) is 0 Å². The number of hydrogen-bond donors (Lipinski definition) is 2. The van der Waals surface area contributed by atoms with Gasteiger partial charge in [0.2, 0.25) is 5.91 Å². The topological polar surface area (TPSA) is 52.6 Å². The number of aliphatic hydroxyl groups is 1. The van der Waals surface area contributed by atoms with Gasteiger partial charge in [0.05, 0.1) is 12.6 Å². The summed E-state index contributed by atoms with van der Waals surface area (Å²) in [4.78, 5) is 14.3. The van der Waals surface area contributed by atoms with Crippen molar-refractivity contribution in [2.45, 2.75) is 58.3 Å². The molecule has 2 unspecified atom stereocenters. The Morgan fingerprint density at radius 1 is 1.24 bits per heavy atom. The molecule has 4 nitrogen and oxygen atoms in total. The van der Waals surface area contributed by atoms with Crippen molar-refractivity contribution in [1.82, 2.24) is 10.2 Å². The number of carbonyl (C=O) groups excluding carboxylic acids is 1. The fourth-order valence-electron chi connectivity index (χ4n) is 3.03. The van der Waals surface area contributed by atoms with E-state index in [9.17, 15) is 9.90 Å². The normalized spacial score (nSPS) is 26.6. The molecule has 21 heavy (non-hydrogen) atoms. The van der Waals surface area contributed by atoms with E-state index in [2.05, 4.69) is 43.1 Å². The molecule has 0 spiro atoms. The number of nitrogens with zero attached hydrogens (tertiary/aromatic N) is 1. The van der Waals surface area contributed by atoms with Crippen molar-refractivity contribution in [2.75, 3.05) is 6.54 Å². The highest BCUT2D eigenvalue weighted by atomic mass is 16.3. The minimum Gasteiger partial charge on any atom is -0.393 e. The fraction of sp³-hybridized carbons (Fsp3) is 0.588. The maximum Gasteiger partial charge on any atom is 0.234 e. The van der Waals surface area contributed by atoms with Gasteiger partial charge in [-0.2, -0.15) is 0 Å². The van der Waals surface area contributed by atoms with Crippen LogP contribution < -0.4 is 5.32 Å². The van der Waals surface area contributed by atoms with Crippen LogP contribution in [0.4, 0.5) is 0 Å². The molecule has 0 radical (unpaired) electrons. The van der Waals surface area contributed by atoms with Crippen LogP contribution in [-0.2, 0) is 11.3 Å². The first-order valence-electron chi connectivity index (χ1n) is 7.71. The average Bonchev–Trinajstić information content (AvgIpc) is 2.42. The number of nitrogens with one attached hydrogen (secondary N) is 1. The van der Waals surface area contributed by atoms with E-state index in [-0.39, 0.29) is 24.1 Å². The Balaban J connectivity index is 1.82. The summed E-state index contributed by atoms with van der Waals surface area (Å²) in [5, 5.41) is 12.7. The largest absolute Gasteiger partial charge is 0.393 e. The Bertz CT molecular complexity index is 460. The zero-order valence-electron chi connectivity index (χ0n) is 13.2. The van der Waals surface area contributed by atoms with Gasteiger partial charge in [0, 0.05) is 18.6 Å². The maximum atomic E-state index is 12.1. The van der Waals surface area contributed by atoms with Gasteiger partial charge in [-0.15, -0.1) is 0 Å². The SMILES string of the molecule is Cc1ccc(CNC(=O)CN2C(C)CC(O)CC2C)cc1. The van der Waals surface area contributed by atoms with Gasteiger partial charge >= 0.3 is 0 Å². The van der Waals surface area contributed by atoms with Crippen LogP contribution in [0.2, 0.25) is 0 Å². The molecule has 0 aliphatic carbocycles. The van der Waals surface area contributed by atoms with E-state index in [1.54, 1.807) is 0 Å². The molecular formula is C17H26N2O2. The lowest BCUT2D eigenvalue weighted by atomic mass is 9.95. The summed E-state index contributed by atoms with van der Waals surface area (Å²) in [6.07, 6.45) is 1.26. The van der Waals surface area contributed by atoms with Gasteiger partial charge in [0.25, 0.3) is 0 Å². The van der Waals surface area contributed by atoms with E-state index in [1.807, 2.05) is 12.1 Å². The molecule has 1 aliphatic heterocycles. The van der Waals surface area contributed by atoms with Gasteiger partial charge in [0.15, 0.2) is 0 Å². The first kappa shape index (κ1) is 16.0. The predicted molar refractivity (Wildman–Crippen MR) is 83.9 cm³/mol. The van der Waals surface area contributed by atoms with Crippen LogP contribution in [0.1, 0.15) is 37.8 Å². The Labute approximate surface area is 127 Å². The lowest BCUT2D eigenvalue weighted by Crippen LogP contribution is -2.51. The van der Waals surface area contributed by atoms with E-state index in [0.717, 1.165) is 18.4 Å². The molecular weight excluding hydrogens is 264 g/mol. The molecule has 0 aromatic heterocycles. The lowest BCUT2D eigenvalue weighted by molar-refractivity contribution is -0.124. The fourth-order valence-corrected chi connectivity index (χ4v) is 3.03. The van der Waals surface area contributed by atoms with Crippen LogP contribution >= 0.6 is 0 Å². The van der Waals surface area contributed by atoms with E-state index in [4.69, 9.17) is 0 Å². The molecule has 1 aromatic rings. The Morgan fingerprint density at radius 3 is 2.38 bits per heavy atom. The average molecular weight is 290 g/mol. The number of rotatable bonds is 4. The number of hydrogen-bond acceptors (Lipinski definition) is 3. The molecule has 1 saturated heterocycles. The highest BCUT2D eigenvalue weighted by molar-refractivity contribution is 5.78. The number of likely N-dealkylation sites (tertiary alicyclic amines) is 1. The molecule has 2 N–H and O–H groups in total. The predicted octanol–water partition coefficient (Wildman–Crippen LogP) is 1.84. The summed E-state index contributed by atoms with van der Waals surface area (Å²) >= 11 is 0. The molecule has 1 aliphatic rings. The van der Waals surface area contributed by atoms with Crippen LogP contribution in [0.15, 0.2) is 24.3 Å². The molecule has 1 aromatic carbocycles. The number of benzene rings is 1. The Kier molecular flexibility index (Phi) is 5.37. The molecule has 4 heteroatoms. The number of piperidine rings is 1. The Morgan fingerprint density at radius 2 is 1.81 bits per heavy atom. The summed E-state index contributed by atoms with van der Waals surface area (Å²) < 4.78 is 0. The van der Waals surface area contributed by atoms with Gasteiger partial charge < -0.3 is 10.4 Å². The standard InChI is InChI=1S/C17H26N2O2/c1-12-4-6-15(7-5-12)10-18-17(21)11-19-13(2)8-16(20)9-14(19)3/h4-7,13-14,16,20H,8-11H2,1-3H3,(H,18,21). The quantitative estimate of drug-likeness (QED) is 0.890. The molecule has 2 atom stereocenters. The molecule has 1 amide bonds. The van der Waals surface area contributed by atoms with Crippen molar-refractivity contribution in [2.24, 2.45) is 0 Å². The summed E-state index contributed by atoms with van der Waals surface area (Å²) in [5.74, 6) is 0.0469. The molecule has 116 valence electrons. The summed E-state index contributed by atoms with van der Waals surface area (Å²) in [6, 6.07) is 8.67. The van der Waals surface area contributed by atoms with E-state index in [0.29, 0.717) is 13.1 Å². The number of aliphatic hydroxyl groups excluding tert-OH is 1. The molecule has 2 rings (SSSR count). The van der Waals surface area contributed by atoms with Crippen molar-refractivity contribution >= 4 is 5.91 Å². The highest BCUT2D eigenvalue weighted by Crippen LogP contribution is 2.22. The Hall–Kier alpha value is -1.39. The van der Waals surface area contributed by atoms with Crippen LogP contribution in [-0.4, -0.2) is 40.6 Å². The third kappa shape index (κ3) is 4.55. The third-order valence-electron chi connectivity index (χ3n) is 4.30. The van der Waals surface area contributed by atoms with Crippen molar-refractivity contribution in [3.8, 4) is 0 Å². The van der Waals surface area contributed by atoms with E-state index >= 15 is 0 Å². The zero-order valence-corrected chi connectivity index (χ0v) is 13.2. The van der Waals surface area contributed by atoms with Crippen LogP contribution in [0.5, 0.6) is 0 Å². The van der Waals surface area contributed by atoms with Gasteiger partial charge in [-0.05, 0) is 39.2 Å². The minimum atomic E-state index is -0.234. The highest BCUT2D eigenvalue weighted by Gasteiger charge is 2.30. The second-order valence-electron chi connectivity index (χ2n) is 6.26. The van der Waals surface area contributed by atoms with Crippen LogP contribution in [0.3, 0.4) is 0 Å². The van der Waals surface area contributed by atoms with E-state index in [1.165, 1.54) is 5.56 Å². The molecule has 0 saturated carbocycles. The van der Waals surface area contributed by atoms with Crippen LogP contribution in [0, 0.1) is 6.92 Å². The van der Waals surface area contributed by atoms with Crippen molar-refractivity contribution in [3.05, 3.63) is 35.4 Å². The second-order valence-corrected chi connectivity index (χ2v) is 6.26. The van der Waals surface area contributed by atoms with Gasteiger partial charge in [-0.3, -0.25) is 9.69 Å². The zero-order chi connectivity index (χ0) is 15.4. The van der Waals surface area contributed by atoms with Crippen molar-refractivity contribution in [1.29, 1.82) is 0 Å². The van der Waals surface area contributed by atoms with Crippen molar-refractivity contribution < 1.29 is 9.90 Å². The number of aryl methyl sites for hydroxylation is 1. The van der Waals surface area contributed by atoms with Crippen molar-refractivity contribution in [3.63, 3.8) is 0 Å². The third-order valence-corrected chi connectivity index (χ3v) is 4.30. The maximum absolute atomic E-state index is 12.1. The number of amides is 1. The smallest absolute Gasteiger partial charge is 0.234 e. The molecule has 1 heterocycles. The van der Waals surface area contributed by atoms with Gasteiger partial charge in [-0.1, -0.05) is 29.8 Å². The molecule has 1 fully saturated rings. The first-order chi connectivity index (χ1) is 9.95. The second kappa shape index (κ2) is 7.05.